The Labute approximate surface area is 88.2 Å². The molecule has 82 valence electrons. The number of hydrogen-bond acceptors (Lipinski definition) is 4. The van der Waals surface area contributed by atoms with Gasteiger partial charge in [-0.15, -0.1) is 0 Å². The summed E-state index contributed by atoms with van der Waals surface area (Å²) in [6.45, 7) is 4.19. The molecular weight excluding hydrogens is 202 g/mol. The van der Waals surface area contributed by atoms with E-state index in [0.717, 1.165) is 11.5 Å². The number of rotatable bonds is 6. The van der Waals surface area contributed by atoms with Gasteiger partial charge in [0.05, 0.1) is 6.54 Å². The van der Waals surface area contributed by atoms with E-state index in [1.807, 2.05) is 12.2 Å². The van der Waals surface area contributed by atoms with Crippen LogP contribution in [0, 0.1) is 0 Å². The zero-order valence-corrected chi connectivity index (χ0v) is 9.32. The highest BCUT2D eigenvalue weighted by molar-refractivity contribution is 7.99. The van der Waals surface area contributed by atoms with E-state index in [4.69, 9.17) is 5.73 Å². The van der Waals surface area contributed by atoms with Crippen LogP contribution in [0.1, 0.15) is 13.8 Å². The minimum Gasteiger partial charge on any atom is -0.351 e. The fourth-order valence-corrected chi connectivity index (χ4v) is 1.51. The second-order valence-electron chi connectivity index (χ2n) is 2.85. The maximum absolute atomic E-state index is 11.0. The SMILES string of the molecule is CCSCC(C)NCC(=O)NC(N)=O. The number of nitrogens with one attached hydrogen (secondary N) is 2. The van der Waals surface area contributed by atoms with Gasteiger partial charge in [0.25, 0.3) is 0 Å². The van der Waals surface area contributed by atoms with Crippen molar-refractivity contribution in [2.75, 3.05) is 18.1 Å². The third-order valence-electron chi connectivity index (χ3n) is 1.45. The molecule has 5 nitrogen and oxygen atoms in total. The minimum absolute atomic E-state index is 0.119. The molecule has 0 aliphatic carbocycles. The van der Waals surface area contributed by atoms with E-state index in [1.54, 1.807) is 11.8 Å². The molecule has 14 heavy (non-hydrogen) atoms. The molecule has 3 amide bonds. The lowest BCUT2D eigenvalue weighted by atomic mass is 10.4. The Hall–Kier alpha value is -0.750. The third-order valence-corrected chi connectivity index (χ3v) is 2.59. The lowest BCUT2D eigenvalue weighted by molar-refractivity contribution is -0.119. The highest BCUT2D eigenvalue weighted by atomic mass is 32.2. The van der Waals surface area contributed by atoms with Crippen molar-refractivity contribution in [2.45, 2.75) is 19.9 Å². The zero-order chi connectivity index (χ0) is 11.0. The van der Waals surface area contributed by atoms with Crippen LogP contribution in [0.5, 0.6) is 0 Å². The summed E-state index contributed by atoms with van der Waals surface area (Å²) < 4.78 is 0. The van der Waals surface area contributed by atoms with Crippen molar-refractivity contribution in [1.29, 1.82) is 0 Å². The smallest absolute Gasteiger partial charge is 0.318 e. The number of carbonyl (C=O) groups is 2. The van der Waals surface area contributed by atoms with E-state index in [9.17, 15) is 9.59 Å². The Kier molecular flexibility index (Phi) is 7.23. The van der Waals surface area contributed by atoms with Gasteiger partial charge in [-0.05, 0) is 12.7 Å². The molecule has 0 aromatic carbocycles. The average Bonchev–Trinajstić information content (AvgIpc) is 2.10. The quantitative estimate of drug-likeness (QED) is 0.583. The van der Waals surface area contributed by atoms with E-state index in [-0.39, 0.29) is 12.6 Å². The maximum atomic E-state index is 11.0. The Morgan fingerprint density at radius 3 is 2.64 bits per heavy atom. The molecule has 0 fully saturated rings. The van der Waals surface area contributed by atoms with Gasteiger partial charge in [-0.3, -0.25) is 10.1 Å². The number of hydrogen-bond donors (Lipinski definition) is 3. The molecule has 4 N–H and O–H groups in total. The van der Waals surface area contributed by atoms with Gasteiger partial charge >= 0.3 is 6.03 Å². The average molecular weight is 219 g/mol. The Bertz CT molecular complexity index is 199. The second-order valence-corrected chi connectivity index (χ2v) is 4.17. The summed E-state index contributed by atoms with van der Waals surface area (Å²) in [5, 5.41) is 4.97. The first-order chi connectivity index (χ1) is 6.56. The molecule has 1 unspecified atom stereocenters. The van der Waals surface area contributed by atoms with E-state index < -0.39 is 11.9 Å². The van der Waals surface area contributed by atoms with Crippen LogP contribution in [-0.2, 0) is 4.79 Å². The summed E-state index contributed by atoms with van der Waals surface area (Å²) in [4.78, 5) is 21.2. The molecule has 0 saturated heterocycles. The number of primary amides is 1. The maximum Gasteiger partial charge on any atom is 0.318 e. The number of urea groups is 1. The molecule has 0 aromatic rings. The predicted octanol–water partition coefficient (Wildman–Crippen LogP) is -0.0875. The van der Waals surface area contributed by atoms with Crippen molar-refractivity contribution < 1.29 is 9.59 Å². The van der Waals surface area contributed by atoms with E-state index in [0.29, 0.717) is 0 Å². The van der Waals surface area contributed by atoms with Crippen LogP contribution in [0.25, 0.3) is 0 Å². The number of amides is 3. The topological polar surface area (TPSA) is 84.2 Å². The van der Waals surface area contributed by atoms with Gasteiger partial charge in [-0.25, -0.2) is 4.79 Å². The number of imide groups is 1. The summed E-state index contributed by atoms with van der Waals surface area (Å²) in [5.41, 5.74) is 4.78. The molecule has 0 saturated carbocycles. The first-order valence-electron chi connectivity index (χ1n) is 4.46. The summed E-state index contributed by atoms with van der Waals surface area (Å²) in [7, 11) is 0. The summed E-state index contributed by atoms with van der Waals surface area (Å²) in [6, 6.07) is -0.564. The zero-order valence-electron chi connectivity index (χ0n) is 8.50. The lowest BCUT2D eigenvalue weighted by Crippen LogP contribution is -2.43. The van der Waals surface area contributed by atoms with E-state index >= 15 is 0 Å². The molecule has 0 radical (unpaired) electrons. The van der Waals surface area contributed by atoms with Crippen LogP contribution in [-0.4, -0.2) is 36.0 Å². The standard InChI is InChI=1S/C8H17N3O2S/c1-3-14-5-6(2)10-4-7(12)11-8(9)13/h6,10H,3-5H2,1-2H3,(H3,9,11,12,13). The van der Waals surface area contributed by atoms with Crippen LogP contribution >= 0.6 is 11.8 Å². The summed E-state index contributed by atoms with van der Waals surface area (Å²) in [6.07, 6.45) is 0. The molecule has 0 heterocycles. The number of thioether (sulfide) groups is 1. The predicted molar refractivity (Wildman–Crippen MR) is 58.2 cm³/mol. The Balaban J connectivity index is 3.50. The van der Waals surface area contributed by atoms with Crippen molar-refractivity contribution in [3.05, 3.63) is 0 Å². The molecule has 0 aromatic heterocycles. The first-order valence-corrected chi connectivity index (χ1v) is 5.62. The van der Waals surface area contributed by atoms with Gasteiger partial charge in [0, 0.05) is 11.8 Å². The van der Waals surface area contributed by atoms with Crippen molar-refractivity contribution in [2.24, 2.45) is 5.73 Å². The van der Waals surface area contributed by atoms with Crippen molar-refractivity contribution in [3.63, 3.8) is 0 Å². The second kappa shape index (κ2) is 7.64. The van der Waals surface area contributed by atoms with Gasteiger partial charge < -0.3 is 11.1 Å². The van der Waals surface area contributed by atoms with Gasteiger partial charge in [-0.2, -0.15) is 11.8 Å². The molecular formula is C8H17N3O2S. The summed E-state index contributed by atoms with van der Waals surface area (Å²) >= 11 is 1.80. The monoisotopic (exact) mass is 219 g/mol. The Morgan fingerprint density at radius 1 is 1.50 bits per heavy atom. The van der Waals surface area contributed by atoms with E-state index in [2.05, 4.69) is 12.2 Å². The lowest BCUT2D eigenvalue weighted by Gasteiger charge is -2.11. The molecule has 6 heteroatoms. The Morgan fingerprint density at radius 2 is 2.14 bits per heavy atom. The molecule has 0 rings (SSSR count). The van der Waals surface area contributed by atoms with Crippen LogP contribution in [0.4, 0.5) is 4.79 Å². The third kappa shape index (κ3) is 7.88. The van der Waals surface area contributed by atoms with Crippen molar-refractivity contribution in [1.82, 2.24) is 10.6 Å². The molecule has 0 spiro atoms. The minimum atomic E-state index is -0.813. The highest BCUT2D eigenvalue weighted by Crippen LogP contribution is 2.00. The van der Waals surface area contributed by atoms with Crippen LogP contribution in [0.2, 0.25) is 0 Å². The first kappa shape index (κ1) is 13.2. The van der Waals surface area contributed by atoms with Crippen molar-refractivity contribution >= 4 is 23.7 Å². The van der Waals surface area contributed by atoms with Gasteiger partial charge in [0.15, 0.2) is 0 Å². The molecule has 0 aliphatic rings. The summed E-state index contributed by atoms with van der Waals surface area (Å²) in [5.74, 6) is 1.60. The fraction of sp³-hybridized carbons (Fsp3) is 0.750. The van der Waals surface area contributed by atoms with Gasteiger partial charge in [0.2, 0.25) is 5.91 Å². The van der Waals surface area contributed by atoms with Crippen molar-refractivity contribution in [3.8, 4) is 0 Å². The number of carbonyl (C=O) groups excluding carboxylic acids is 2. The van der Waals surface area contributed by atoms with Crippen LogP contribution in [0.15, 0.2) is 0 Å². The largest absolute Gasteiger partial charge is 0.351 e. The van der Waals surface area contributed by atoms with Crippen LogP contribution < -0.4 is 16.4 Å². The highest BCUT2D eigenvalue weighted by Gasteiger charge is 2.06. The van der Waals surface area contributed by atoms with Gasteiger partial charge in [-0.1, -0.05) is 6.92 Å². The van der Waals surface area contributed by atoms with Gasteiger partial charge in [0.1, 0.15) is 0 Å². The van der Waals surface area contributed by atoms with Crippen LogP contribution in [0.3, 0.4) is 0 Å². The number of nitrogens with two attached hydrogens (primary N) is 1. The van der Waals surface area contributed by atoms with E-state index in [1.165, 1.54) is 0 Å². The fourth-order valence-electron chi connectivity index (χ4n) is 0.802. The normalized spacial score (nSPS) is 12.1. The molecule has 1 atom stereocenters. The molecule has 0 aliphatic heterocycles. The molecule has 0 bridgehead atoms.